The molecule has 0 unspecified atom stereocenters. The summed E-state index contributed by atoms with van der Waals surface area (Å²) in [6.45, 7) is 17.8. The van der Waals surface area contributed by atoms with Crippen LogP contribution in [-0.4, -0.2) is 41.1 Å². The Bertz CT molecular complexity index is 814. The lowest BCUT2D eigenvalue weighted by Crippen LogP contribution is -2.58. The van der Waals surface area contributed by atoms with Crippen molar-refractivity contribution in [2.75, 3.05) is 20.8 Å². The van der Waals surface area contributed by atoms with Crippen LogP contribution in [0.4, 0.5) is 0 Å². The molecule has 5 nitrogen and oxygen atoms in total. The minimum Gasteiger partial charge on any atom is -0.496 e. The second-order valence-corrected chi connectivity index (χ2v) is 16.1. The number of benzene rings is 1. The Morgan fingerprint density at radius 2 is 1.71 bits per heavy atom. The number of hydrogen-bond donors (Lipinski definition) is 0. The molecule has 1 aromatic carbocycles. The summed E-state index contributed by atoms with van der Waals surface area (Å²) < 4.78 is 32.6. The molecule has 0 saturated carbocycles. The van der Waals surface area contributed by atoms with Gasteiger partial charge in [-0.2, -0.15) is 0 Å². The normalized spacial score (nSPS) is 27.8. The highest BCUT2D eigenvalue weighted by molar-refractivity contribution is 9.10. The van der Waals surface area contributed by atoms with E-state index < -0.39 is 8.56 Å². The van der Waals surface area contributed by atoms with Gasteiger partial charge in [0.15, 0.2) is 0 Å². The van der Waals surface area contributed by atoms with E-state index in [9.17, 15) is 0 Å². The van der Waals surface area contributed by atoms with Gasteiger partial charge in [-0.15, -0.1) is 6.58 Å². The van der Waals surface area contributed by atoms with E-state index in [0.29, 0.717) is 6.61 Å². The largest absolute Gasteiger partial charge is 0.496 e. The number of rotatable bonds is 6. The number of allylic oxidation sites excluding steroid dienone is 1. The van der Waals surface area contributed by atoms with Gasteiger partial charge in [0.1, 0.15) is 29.3 Å². The van der Waals surface area contributed by atoms with Gasteiger partial charge >= 0.3 is 8.56 Å². The van der Waals surface area contributed by atoms with Gasteiger partial charge in [-0.1, -0.05) is 47.6 Å². The molecular weight excluding hydrogens is 476 g/mol. The topological polar surface area (TPSA) is 49.5 Å². The fourth-order valence-electron chi connectivity index (χ4n) is 5.07. The van der Waals surface area contributed by atoms with Gasteiger partial charge in [-0.3, -0.25) is 0 Å². The van der Waals surface area contributed by atoms with Crippen molar-refractivity contribution in [1.29, 1.82) is 0 Å². The van der Waals surface area contributed by atoms with Crippen LogP contribution in [0.2, 0.25) is 10.1 Å². The third-order valence-corrected chi connectivity index (χ3v) is 12.4. The van der Waals surface area contributed by atoms with Gasteiger partial charge < -0.3 is 23.1 Å². The van der Waals surface area contributed by atoms with E-state index in [4.69, 9.17) is 23.1 Å². The molecule has 0 aliphatic carbocycles. The van der Waals surface area contributed by atoms with Crippen molar-refractivity contribution in [2.24, 2.45) is 0 Å². The Morgan fingerprint density at radius 1 is 1.13 bits per heavy atom. The van der Waals surface area contributed by atoms with Gasteiger partial charge in [0.2, 0.25) is 0 Å². The second kappa shape index (κ2) is 8.49. The molecule has 2 aliphatic heterocycles. The summed E-state index contributed by atoms with van der Waals surface area (Å²) in [4.78, 5) is 0. The maximum absolute atomic E-state index is 7.20. The van der Waals surface area contributed by atoms with Crippen molar-refractivity contribution in [3.8, 4) is 11.5 Å². The van der Waals surface area contributed by atoms with Crippen LogP contribution < -0.4 is 9.47 Å². The van der Waals surface area contributed by atoms with Crippen LogP contribution in [0.1, 0.15) is 66.1 Å². The number of ether oxygens (including phenoxy) is 3. The van der Waals surface area contributed by atoms with Crippen LogP contribution in [0.15, 0.2) is 29.3 Å². The van der Waals surface area contributed by atoms with Crippen LogP contribution in [0, 0.1) is 0 Å². The number of hydrogen-bond acceptors (Lipinski definition) is 5. The highest BCUT2D eigenvalue weighted by Gasteiger charge is 2.70. The average Bonchev–Trinajstić information content (AvgIpc) is 3.40. The van der Waals surface area contributed by atoms with Crippen molar-refractivity contribution >= 4 is 24.5 Å². The van der Waals surface area contributed by atoms with Crippen LogP contribution >= 0.6 is 15.9 Å². The quantitative estimate of drug-likeness (QED) is 0.241. The summed E-state index contributed by atoms with van der Waals surface area (Å²) in [5.74, 6) is 1.49. The zero-order valence-corrected chi connectivity index (χ0v) is 22.7. The minimum atomic E-state index is -2.79. The Kier molecular flexibility index (Phi) is 6.78. The van der Waals surface area contributed by atoms with E-state index in [1.807, 2.05) is 18.2 Å². The lowest BCUT2D eigenvalue weighted by atomic mass is 9.93. The van der Waals surface area contributed by atoms with E-state index in [0.717, 1.165) is 34.4 Å². The number of methoxy groups -OCH3 is 2. The monoisotopic (exact) mass is 512 g/mol. The van der Waals surface area contributed by atoms with Crippen molar-refractivity contribution in [1.82, 2.24) is 0 Å². The Hall–Kier alpha value is -0.863. The lowest BCUT2D eigenvalue weighted by molar-refractivity contribution is 0.0473. The SMILES string of the molecule is C=CCC[C@]12CO[Si](C(C)(C)C)(C(C)(C)C)O[C@H](c3c(OC)ccc(OC)c3Br)[C@H]1O2. The van der Waals surface area contributed by atoms with E-state index in [-0.39, 0.29) is 27.9 Å². The minimum absolute atomic E-state index is 0.121. The first-order valence-corrected chi connectivity index (χ1v) is 13.5. The van der Waals surface area contributed by atoms with Crippen LogP contribution in [0.25, 0.3) is 0 Å². The Morgan fingerprint density at radius 3 is 2.23 bits per heavy atom. The molecule has 2 saturated heterocycles. The molecule has 31 heavy (non-hydrogen) atoms. The zero-order valence-electron chi connectivity index (χ0n) is 20.1. The van der Waals surface area contributed by atoms with Crippen molar-refractivity contribution in [3.63, 3.8) is 0 Å². The predicted molar refractivity (Wildman–Crippen MR) is 129 cm³/mol. The van der Waals surface area contributed by atoms with Crippen LogP contribution in [0.3, 0.4) is 0 Å². The molecule has 3 atom stereocenters. The zero-order chi connectivity index (χ0) is 23.2. The third-order valence-electron chi connectivity index (χ3n) is 6.49. The molecule has 2 aliphatic rings. The van der Waals surface area contributed by atoms with E-state index in [1.54, 1.807) is 14.2 Å². The lowest BCUT2D eigenvalue weighted by Gasteiger charge is -2.50. The van der Waals surface area contributed by atoms with E-state index >= 15 is 0 Å². The third kappa shape index (κ3) is 4.12. The maximum atomic E-state index is 7.20. The van der Waals surface area contributed by atoms with Gasteiger partial charge in [-0.05, 0) is 40.9 Å². The molecule has 174 valence electrons. The molecule has 0 bridgehead atoms. The van der Waals surface area contributed by atoms with Crippen LogP contribution in [-0.2, 0) is 13.6 Å². The molecule has 2 fully saturated rings. The predicted octanol–water partition coefficient (Wildman–Crippen LogP) is 6.70. The summed E-state index contributed by atoms with van der Waals surface area (Å²) in [7, 11) is 0.559. The first kappa shape index (κ1) is 24.8. The van der Waals surface area contributed by atoms with Crippen molar-refractivity contribution in [3.05, 3.63) is 34.8 Å². The smallest absolute Gasteiger partial charge is 0.350 e. The molecular formula is C24H37BrO5Si. The molecule has 0 aromatic heterocycles. The highest BCUT2D eigenvalue weighted by atomic mass is 79.9. The molecule has 0 amide bonds. The molecule has 3 rings (SSSR count). The number of epoxide rings is 1. The van der Waals surface area contributed by atoms with Gasteiger partial charge in [0.05, 0.1) is 25.3 Å². The molecule has 0 N–H and O–H groups in total. The fraction of sp³-hybridized carbons (Fsp3) is 0.667. The van der Waals surface area contributed by atoms with Crippen molar-refractivity contribution in [2.45, 2.75) is 82.3 Å². The summed E-state index contributed by atoms with van der Waals surface area (Å²) in [5.41, 5.74) is 0.542. The van der Waals surface area contributed by atoms with Gasteiger partial charge in [0.25, 0.3) is 0 Å². The summed E-state index contributed by atoms with van der Waals surface area (Å²) >= 11 is 3.77. The standard InChI is InChI=1S/C24H37BrO5Si/c1-10-11-14-24-15-28-31(22(2,3)4,23(5,6)7)30-20(21(24)29-24)18-16(26-8)12-13-17(27-9)19(18)25/h10,12-13,20-21H,1,11,14-15H2,2-9H3/t20-,21-,24+/m1/s1. The molecule has 1 aromatic rings. The first-order chi connectivity index (χ1) is 14.4. The van der Waals surface area contributed by atoms with E-state index in [1.165, 1.54) is 0 Å². The summed E-state index contributed by atoms with van der Waals surface area (Å²) in [5, 5.41) is -0.309. The Balaban J connectivity index is 2.21. The molecule has 7 heteroatoms. The molecule has 2 heterocycles. The fourth-order valence-corrected chi connectivity index (χ4v) is 10.7. The summed E-state index contributed by atoms with van der Waals surface area (Å²) in [6.07, 6.45) is 3.20. The number of fused-ring (bicyclic) bond motifs is 1. The maximum Gasteiger partial charge on any atom is 0.350 e. The average molecular weight is 514 g/mol. The second-order valence-electron chi connectivity index (χ2n) is 10.6. The highest BCUT2D eigenvalue weighted by Crippen LogP contribution is 2.62. The number of halogens is 1. The first-order valence-electron chi connectivity index (χ1n) is 10.9. The van der Waals surface area contributed by atoms with Gasteiger partial charge in [-0.25, -0.2) is 0 Å². The van der Waals surface area contributed by atoms with Crippen molar-refractivity contribution < 1.29 is 23.1 Å². The molecule has 0 spiro atoms. The van der Waals surface area contributed by atoms with E-state index in [2.05, 4.69) is 64.1 Å². The van der Waals surface area contributed by atoms with Gasteiger partial charge in [0, 0.05) is 15.6 Å². The molecule has 0 radical (unpaired) electrons. The summed E-state index contributed by atoms with van der Waals surface area (Å²) in [6, 6.07) is 3.83. The van der Waals surface area contributed by atoms with Crippen LogP contribution in [0.5, 0.6) is 11.5 Å². The Labute approximate surface area is 196 Å².